The summed E-state index contributed by atoms with van der Waals surface area (Å²) in [5, 5.41) is 14.1. The lowest BCUT2D eigenvalue weighted by Gasteiger charge is -2.24. The normalized spacial score (nSPS) is 20.5. The van der Waals surface area contributed by atoms with Gasteiger partial charge in [0.25, 0.3) is 0 Å². The highest BCUT2D eigenvalue weighted by Crippen LogP contribution is 2.40. The fourth-order valence-electron chi connectivity index (χ4n) is 2.83. The molecular formula is C16H25NO4. The van der Waals surface area contributed by atoms with Crippen molar-refractivity contribution in [1.82, 2.24) is 5.32 Å². The highest BCUT2D eigenvalue weighted by molar-refractivity contribution is 5.54. The molecule has 2 N–H and O–H groups in total. The maximum Gasteiger partial charge on any atom is 0.203 e. The number of rotatable bonds is 5. The number of hydrogen-bond acceptors (Lipinski definition) is 5. The van der Waals surface area contributed by atoms with Gasteiger partial charge in [-0.1, -0.05) is 12.8 Å². The van der Waals surface area contributed by atoms with Crippen LogP contribution in [0.2, 0.25) is 0 Å². The molecule has 0 aromatic heterocycles. The van der Waals surface area contributed by atoms with Crippen LogP contribution in [0.15, 0.2) is 12.1 Å². The lowest BCUT2D eigenvalue weighted by molar-refractivity contribution is 0.125. The van der Waals surface area contributed by atoms with E-state index in [4.69, 9.17) is 14.2 Å². The quantitative estimate of drug-likeness (QED) is 0.872. The molecule has 118 valence electrons. The molecule has 0 radical (unpaired) electrons. The molecule has 1 aromatic carbocycles. The summed E-state index contributed by atoms with van der Waals surface area (Å²) < 4.78 is 16.0. The van der Waals surface area contributed by atoms with Gasteiger partial charge in [0.15, 0.2) is 11.5 Å². The van der Waals surface area contributed by atoms with E-state index in [9.17, 15) is 5.11 Å². The molecule has 1 saturated heterocycles. The van der Waals surface area contributed by atoms with Crippen LogP contribution < -0.4 is 19.5 Å². The van der Waals surface area contributed by atoms with Gasteiger partial charge in [-0.2, -0.15) is 0 Å². The first-order chi connectivity index (χ1) is 10.2. The Kier molecular flexibility index (Phi) is 5.70. The van der Waals surface area contributed by atoms with Crippen LogP contribution >= 0.6 is 0 Å². The van der Waals surface area contributed by atoms with Crippen molar-refractivity contribution in [1.29, 1.82) is 0 Å². The zero-order chi connectivity index (χ0) is 15.2. The van der Waals surface area contributed by atoms with Gasteiger partial charge in [0.05, 0.1) is 27.4 Å². The third kappa shape index (κ3) is 3.60. The Morgan fingerprint density at radius 3 is 2.29 bits per heavy atom. The van der Waals surface area contributed by atoms with Gasteiger partial charge in [-0.15, -0.1) is 0 Å². The molecule has 0 aliphatic carbocycles. The SMILES string of the molecule is COc1cc(C(O)C2CCCCCN2)cc(OC)c1OC. The topological polar surface area (TPSA) is 60.0 Å². The summed E-state index contributed by atoms with van der Waals surface area (Å²) >= 11 is 0. The molecule has 0 saturated carbocycles. The molecule has 0 bridgehead atoms. The molecule has 0 spiro atoms. The Labute approximate surface area is 126 Å². The fraction of sp³-hybridized carbons (Fsp3) is 0.625. The average molecular weight is 295 g/mol. The van der Waals surface area contributed by atoms with Gasteiger partial charge in [-0.3, -0.25) is 0 Å². The van der Waals surface area contributed by atoms with Crippen molar-refractivity contribution in [3.8, 4) is 17.2 Å². The summed E-state index contributed by atoms with van der Waals surface area (Å²) in [5.41, 5.74) is 0.781. The number of benzene rings is 1. The second-order valence-electron chi connectivity index (χ2n) is 5.31. The summed E-state index contributed by atoms with van der Waals surface area (Å²) in [5.74, 6) is 1.68. The van der Waals surface area contributed by atoms with Crippen LogP contribution in [0.3, 0.4) is 0 Å². The fourth-order valence-corrected chi connectivity index (χ4v) is 2.83. The Hall–Kier alpha value is -1.46. The summed E-state index contributed by atoms with van der Waals surface area (Å²) in [7, 11) is 4.73. The van der Waals surface area contributed by atoms with E-state index < -0.39 is 6.10 Å². The third-order valence-corrected chi connectivity index (χ3v) is 4.01. The Bertz CT molecular complexity index is 431. The van der Waals surface area contributed by atoms with E-state index in [-0.39, 0.29) is 6.04 Å². The summed E-state index contributed by atoms with van der Waals surface area (Å²) in [6.07, 6.45) is 3.90. The van der Waals surface area contributed by atoms with Crippen LogP contribution in [0.4, 0.5) is 0 Å². The molecule has 2 atom stereocenters. The van der Waals surface area contributed by atoms with E-state index in [0.29, 0.717) is 17.2 Å². The maximum atomic E-state index is 10.7. The lowest BCUT2D eigenvalue weighted by Crippen LogP contribution is -2.34. The summed E-state index contributed by atoms with van der Waals surface area (Å²) in [6.45, 7) is 0.951. The van der Waals surface area contributed by atoms with Crippen molar-refractivity contribution in [3.63, 3.8) is 0 Å². The monoisotopic (exact) mass is 295 g/mol. The van der Waals surface area contributed by atoms with Gasteiger partial charge in [0.1, 0.15) is 0 Å². The van der Waals surface area contributed by atoms with Gasteiger partial charge in [-0.05, 0) is 37.1 Å². The van der Waals surface area contributed by atoms with Crippen LogP contribution in [0, 0.1) is 0 Å². The Morgan fingerprint density at radius 1 is 1.05 bits per heavy atom. The Morgan fingerprint density at radius 2 is 1.71 bits per heavy atom. The second-order valence-corrected chi connectivity index (χ2v) is 5.31. The largest absolute Gasteiger partial charge is 0.493 e. The number of ether oxygens (including phenoxy) is 3. The van der Waals surface area contributed by atoms with Crippen molar-refractivity contribution >= 4 is 0 Å². The zero-order valence-corrected chi connectivity index (χ0v) is 13.0. The van der Waals surface area contributed by atoms with Crippen molar-refractivity contribution in [3.05, 3.63) is 17.7 Å². The van der Waals surface area contributed by atoms with E-state index in [2.05, 4.69) is 5.32 Å². The molecule has 2 rings (SSSR count). The van der Waals surface area contributed by atoms with Crippen LogP contribution in [-0.2, 0) is 0 Å². The third-order valence-electron chi connectivity index (χ3n) is 4.01. The van der Waals surface area contributed by atoms with Gasteiger partial charge >= 0.3 is 0 Å². The van der Waals surface area contributed by atoms with Crippen LogP contribution in [0.1, 0.15) is 37.4 Å². The number of aliphatic hydroxyl groups excluding tert-OH is 1. The molecule has 5 nitrogen and oxygen atoms in total. The number of aliphatic hydroxyl groups is 1. The molecule has 1 aliphatic heterocycles. The van der Waals surface area contributed by atoms with Crippen LogP contribution in [-0.4, -0.2) is 39.0 Å². The van der Waals surface area contributed by atoms with Gasteiger partial charge in [0.2, 0.25) is 5.75 Å². The van der Waals surface area contributed by atoms with Crippen molar-refractivity contribution in [2.24, 2.45) is 0 Å². The van der Waals surface area contributed by atoms with Gasteiger partial charge in [0, 0.05) is 6.04 Å². The zero-order valence-electron chi connectivity index (χ0n) is 13.0. The number of methoxy groups -OCH3 is 3. The van der Waals surface area contributed by atoms with Crippen LogP contribution in [0.5, 0.6) is 17.2 Å². The minimum Gasteiger partial charge on any atom is -0.493 e. The van der Waals surface area contributed by atoms with E-state index in [1.165, 1.54) is 12.8 Å². The molecule has 1 fully saturated rings. The smallest absolute Gasteiger partial charge is 0.203 e. The highest BCUT2D eigenvalue weighted by atomic mass is 16.5. The highest BCUT2D eigenvalue weighted by Gasteiger charge is 2.24. The standard InChI is InChI=1S/C16H25NO4/c1-19-13-9-11(10-14(20-2)16(13)21-3)15(18)12-7-5-4-6-8-17-12/h9-10,12,15,17-18H,4-8H2,1-3H3. The van der Waals surface area contributed by atoms with Gasteiger partial charge in [-0.25, -0.2) is 0 Å². The first-order valence-corrected chi connectivity index (χ1v) is 7.42. The van der Waals surface area contributed by atoms with Gasteiger partial charge < -0.3 is 24.6 Å². The number of nitrogens with one attached hydrogen (secondary N) is 1. The predicted octanol–water partition coefficient (Wildman–Crippen LogP) is 2.28. The first kappa shape index (κ1) is 15.9. The van der Waals surface area contributed by atoms with E-state index in [0.717, 1.165) is 24.9 Å². The van der Waals surface area contributed by atoms with E-state index in [1.807, 2.05) is 12.1 Å². The molecule has 2 unspecified atom stereocenters. The minimum atomic E-state index is -0.586. The Balaban J connectivity index is 2.29. The summed E-state index contributed by atoms with van der Waals surface area (Å²) in [4.78, 5) is 0. The van der Waals surface area contributed by atoms with Crippen molar-refractivity contribution < 1.29 is 19.3 Å². The lowest BCUT2D eigenvalue weighted by atomic mass is 9.98. The maximum absolute atomic E-state index is 10.7. The predicted molar refractivity (Wildman–Crippen MR) is 81.3 cm³/mol. The van der Waals surface area contributed by atoms with E-state index >= 15 is 0 Å². The first-order valence-electron chi connectivity index (χ1n) is 7.42. The number of hydrogen-bond donors (Lipinski definition) is 2. The molecule has 0 amide bonds. The molecule has 1 aliphatic rings. The van der Waals surface area contributed by atoms with E-state index in [1.54, 1.807) is 21.3 Å². The summed E-state index contributed by atoms with van der Waals surface area (Å²) in [6, 6.07) is 3.70. The minimum absolute atomic E-state index is 0.0651. The molecular weight excluding hydrogens is 270 g/mol. The van der Waals surface area contributed by atoms with Crippen molar-refractivity contribution in [2.45, 2.75) is 37.8 Å². The molecule has 1 heterocycles. The molecule has 5 heteroatoms. The molecule has 1 aromatic rings. The second kappa shape index (κ2) is 7.52. The average Bonchev–Trinajstić information content (AvgIpc) is 2.81. The van der Waals surface area contributed by atoms with Crippen LogP contribution in [0.25, 0.3) is 0 Å². The van der Waals surface area contributed by atoms with Crippen molar-refractivity contribution in [2.75, 3.05) is 27.9 Å². The molecule has 21 heavy (non-hydrogen) atoms.